The molecule has 0 aliphatic rings. The molecule has 0 fully saturated rings. The molecule has 0 saturated heterocycles. The molecule has 0 saturated carbocycles. The van der Waals surface area contributed by atoms with Gasteiger partial charge in [0, 0.05) is 17.7 Å². The first-order valence-electron chi connectivity index (χ1n) is 6.35. The number of rotatable bonds is 7. The number of nitrogens with one attached hydrogen (secondary N) is 1. The van der Waals surface area contributed by atoms with E-state index in [4.69, 9.17) is 11.6 Å². The molecule has 0 spiro atoms. The van der Waals surface area contributed by atoms with E-state index in [1.165, 1.54) is 6.07 Å². The first kappa shape index (κ1) is 15.9. The lowest BCUT2D eigenvalue weighted by atomic mass is 10.0. The SMILES string of the molecule is CCCC(Cc1cc(F)c(Cl)cc1[N+](=O)[O-])NCC. The number of halogens is 2. The Bertz CT molecular complexity index is 449. The van der Waals surface area contributed by atoms with Gasteiger partial charge in [-0.1, -0.05) is 31.9 Å². The second kappa shape index (κ2) is 7.40. The number of hydrogen-bond acceptors (Lipinski definition) is 3. The van der Waals surface area contributed by atoms with Gasteiger partial charge in [-0.25, -0.2) is 4.39 Å². The van der Waals surface area contributed by atoms with Crippen LogP contribution < -0.4 is 5.32 Å². The van der Waals surface area contributed by atoms with Gasteiger partial charge in [-0.15, -0.1) is 0 Å². The normalized spacial score (nSPS) is 12.4. The van der Waals surface area contributed by atoms with E-state index >= 15 is 0 Å². The predicted molar refractivity (Wildman–Crippen MR) is 74.1 cm³/mol. The van der Waals surface area contributed by atoms with Crippen molar-refractivity contribution in [2.75, 3.05) is 6.54 Å². The Morgan fingerprint density at radius 1 is 1.47 bits per heavy atom. The molecule has 1 unspecified atom stereocenters. The van der Waals surface area contributed by atoms with Crippen molar-refractivity contribution in [1.29, 1.82) is 0 Å². The van der Waals surface area contributed by atoms with Crippen LogP contribution in [-0.4, -0.2) is 17.5 Å². The Balaban J connectivity index is 3.03. The van der Waals surface area contributed by atoms with Crippen LogP contribution in [0.25, 0.3) is 0 Å². The van der Waals surface area contributed by atoms with E-state index < -0.39 is 10.7 Å². The van der Waals surface area contributed by atoms with Crippen LogP contribution in [0.1, 0.15) is 32.3 Å². The van der Waals surface area contributed by atoms with Gasteiger partial charge in [-0.2, -0.15) is 0 Å². The van der Waals surface area contributed by atoms with Crippen molar-refractivity contribution in [2.45, 2.75) is 39.2 Å². The van der Waals surface area contributed by atoms with Gasteiger partial charge in [0.25, 0.3) is 5.69 Å². The molecular weight excluding hydrogens is 271 g/mol. The monoisotopic (exact) mass is 288 g/mol. The largest absolute Gasteiger partial charge is 0.314 e. The van der Waals surface area contributed by atoms with Crippen LogP contribution in [-0.2, 0) is 6.42 Å². The highest BCUT2D eigenvalue weighted by molar-refractivity contribution is 6.31. The average Bonchev–Trinajstić information content (AvgIpc) is 2.33. The van der Waals surface area contributed by atoms with Crippen molar-refractivity contribution >= 4 is 17.3 Å². The zero-order valence-corrected chi connectivity index (χ0v) is 11.8. The highest BCUT2D eigenvalue weighted by Crippen LogP contribution is 2.27. The number of nitro benzene ring substituents is 1. The van der Waals surface area contributed by atoms with Crippen LogP contribution in [0.3, 0.4) is 0 Å². The Labute approximate surface area is 117 Å². The van der Waals surface area contributed by atoms with Crippen molar-refractivity contribution < 1.29 is 9.31 Å². The van der Waals surface area contributed by atoms with Gasteiger partial charge >= 0.3 is 0 Å². The van der Waals surface area contributed by atoms with Crippen molar-refractivity contribution in [2.24, 2.45) is 0 Å². The van der Waals surface area contributed by atoms with Crippen molar-refractivity contribution in [3.05, 3.63) is 38.7 Å². The summed E-state index contributed by atoms with van der Waals surface area (Å²) in [4.78, 5) is 10.5. The van der Waals surface area contributed by atoms with Crippen LogP contribution in [0.2, 0.25) is 5.02 Å². The molecule has 1 atom stereocenters. The standard InChI is InChI=1S/C13H18ClFN2O2/c1-3-5-10(16-4-2)6-9-7-12(15)11(14)8-13(9)17(18)19/h7-8,10,16H,3-6H2,1-2H3. The molecule has 4 nitrogen and oxygen atoms in total. The lowest BCUT2D eigenvalue weighted by Gasteiger charge is -2.17. The van der Waals surface area contributed by atoms with Gasteiger partial charge in [0.1, 0.15) is 5.82 Å². The first-order chi connectivity index (χ1) is 8.99. The summed E-state index contributed by atoms with van der Waals surface area (Å²) in [6.45, 7) is 4.79. The van der Waals surface area contributed by atoms with Crippen LogP contribution >= 0.6 is 11.6 Å². The zero-order valence-electron chi connectivity index (χ0n) is 11.1. The molecule has 0 amide bonds. The van der Waals surface area contributed by atoms with E-state index in [2.05, 4.69) is 5.32 Å². The third-order valence-electron chi connectivity index (χ3n) is 2.91. The van der Waals surface area contributed by atoms with Crippen molar-refractivity contribution in [1.82, 2.24) is 5.32 Å². The molecule has 0 aliphatic carbocycles. The number of nitrogens with zero attached hydrogens (tertiary/aromatic N) is 1. The summed E-state index contributed by atoms with van der Waals surface area (Å²) in [6.07, 6.45) is 2.27. The molecule has 19 heavy (non-hydrogen) atoms. The molecular formula is C13H18ClFN2O2. The second-order valence-corrected chi connectivity index (χ2v) is 4.81. The number of likely N-dealkylation sites (N-methyl/N-ethyl adjacent to an activating group) is 1. The van der Waals surface area contributed by atoms with Gasteiger partial charge in [0.05, 0.1) is 9.95 Å². The summed E-state index contributed by atoms with van der Waals surface area (Å²) < 4.78 is 13.5. The van der Waals surface area contributed by atoms with E-state index in [-0.39, 0.29) is 16.8 Å². The molecule has 1 aromatic carbocycles. The Morgan fingerprint density at radius 3 is 2.68 bits per heavy atom. The fraction of sp³-hybridized carbons (Fsp3) is 0.538. The lowest BCUT2D eigenvalue weighted by Crippen LogP contribution is -2.31. The summed E-state index contributed by atoms with van der Waals surface area (Å²) in [7, 11) is 0. The summed E-state index contributed by atoms with van der Waals surface area (Å²) in [5, 5.41) is 14.0. The third-order valence-corrected chi connectivity index (χ3v) is 3.20. The van der Waals surface area contributed by atoms with E-state index in [9.17, 15) is 14.5 Å². The minimum absolute atomic E-state index is 0.106. The molecule has 0 heterocycles. The van der Waals surface area contributed by atoms with Gasteiger partial charge < -0.3 is 5.32 Å². The third kappa shape index (κ3) is 4.44. The molecule has 0 aliphatic heterocycles. The van der Waals surface area contributed by atoms with E-state index in [1.807, 2.05) is 13.8 Å². The summed E-state index contributed by atoms with van der Waals surface area (Å²) >= 11 is 5.59. The maximum absolute atomic E-state index is 13.5. The van der Waals surface area contributed by atoms with Crippen LogP contribution in [0.5, 0.6) is 0 Å². The van der Waals surface area contributed by atoms with Crippen LogP contribution in [0.15, 0.2) is 12.1 Å². The van der Waals surface area contributed by atoms with Gasteiger partial charge in [-0.3, -0.25) is 10.1 Å². The topological polar surface area (TPSA) is 55.2 Å². The molecule has 1 aromatic rings. The van der Waals surface area contributed by atoms with E-state index in [0.717, 1.165) is 25.5 Å². The maximum atomic E-state index is 13.5. The van der Waals surface area contributed by atoms with E-state index in [0.29, 0.717) is 12.0 Å². The molecule has 1 rings (SSSR count). The van der Waals surface area contributed by atoms with Crippen LogP contribution in [0, 0.1) is 15.9 Å². The quantitative estimate of drug-likeness (QED) is 0.615. The highest BCUT2D eigenvalue weighted by atomic mass is 35.5. The fourth-order valence-corrected chi connectivity index (χ4v) is 2.25. The van der Waals surface area contributed by atoms with Crippen LogP contribution in [0.4, 0.5) is 10.1 Å². The van der Waals surface area contributed by atoms with Gasteiger partial charge in [0.15, 0.2) is 0 Å². The number of benzene rings is 1. The van der Waals surface area contributed by atoms with Crippen molar-refractivity contribution in [3.8, 4) is 0 Å². The first-order valence-corrected chi connectivity index (χ1v) is 6.73. The van der Waals surface area contributed by atoms with Gasteiger partial charge in [0.2, 0.25) is 0 Å². The number of hydrogen-bond donors (Lipinski definition) is 1. The molecule has 0 aromatic heterocycles. The van der Waals surface area contributed by atoms with E-state index in [1.54, 1.807) is 0 Å². The Hall–Kier alpha value is -1.20. The second-order valence-electron chi connectivity index (χ2n) is 4.40. The fourth-order valence-electron chi connectivity index (χ4n) is 2.09. The summed E-state index contributed by atoms with van der Waals surface area (Å²) in [6, 6.07) is 2.36. The molecule has 0 radical (unpaired) electrons. The average molecular weight is 289 g/mol. The minimum Gasteiger partial charge on any atom is -0.314 e. The summed E-state index contributed by atoms with van der Waals surface area (Å²) in [5.74, 6) is -0.617. The predicted octanol–water partition coefficient (Wildman–Crippen LogP) is 3.71. The molecule has 1 N–H and O–H groups in total. The lowest BCUT2D eigenvalue weighted by molar-refractivity contribution is -0.385. The Morgan fingerprint density at radius 2 is 2.16 bits per heavy atom. The molecule has 6 heteroatoms. The van der Waals surface area contributed by atoms with Crippen molar-refractivity contribution in [3.63, 3.8) is 0 Å². The molecule has 0 bridgehead atoms. The minimum atomic E-state index is -0.617. The zero-order chi connectivity index (χ0) is 14.4. The maximum Gasteiger partial charge on any atom is 0.274 e. The Kier molecular flexibility index (Phi) is 6.18. The molecule has 106 valence electrons. The smallest absolute Gasteiger partial charge is 0.274 e. The highest BCUT2D eigenvalue weighted by Gasteiger charge is 2.20. The van der Waals surface area contributed by atoms with Gasteiger partial charge in [-0.05, 0) is 25.5 Å². The summed E-state index contributed by atoms with van der Waals surface area (Å²) in [5.41, 5.74) is 0.261. The number of nitro groups is 1.